The first-order valence-electron chi connectivity index (χ1n) is 5.88. The highest BCUT2D eigenvalue weighted by atomic mass is 19.3. The maximum atomic E-state index is 13.8. The number of nitrogens with two attached hydrogens (primary N) is 1. The molecule has 1 aliphatic rings. The Kier molecular flexibility index (Phi) is 3.70. The molecule has 21 heavy (non-hydrogen) atoms. The number of hydrogen-bond acceptors (Lipinski definition) is 5. The normalized spacial score (nSPS) is 17.4. The van der Waals surface area contributed by atoms with Crippen molar-refractivity contribution < 1.29 is 36.6 Å². The second-order valence-corrected chi connectivity index (χ2v) is 4.19. The Morgan fingerprint density at radius 1 is 1.38 bits per heavy atom. The predicted molar refractivity (Wildman–Crippen MR) is 61.2 cm³/mol. The summed E-state index contributed by atoms with van der Waals surface area (Å²) in [5.74, 6) is -6.55. The van der Waals surface area contributed by atoms with Gasteiger partial charge in [-0.1, -0.05) is 6.07 Å². The second kappa shape index (κ2) is 5.06. The Bertz CT molecular complexity index is 564. The van der Waals surface area contributed by atoms with Crippen LogP contribution in [0.25, 0.3) is 0 Å². The third-order valence-electron chi connectivity index (χ3n) is 2.72. The SMILES string of the molecule is CCOC(=O)C(F)(F)[C@@H](N)c1ccc2c(c1)OC(F)(F)O2. The zero-order valence-electron chi connectivity index (χ0n) is 10.7. The van der Waals surface area contributed by atoms with Crippen LogP contribution >= 0.6 is 0 Å². The van der Waals surface area contributed by atoms with Gasteiger partial charge in [-0.15, -0.1) is 8.78 Å². The molecule has 2 rings (SSSR count). The fourth-order valence-electron chi connectivity index (χ4n) is 1.72. The lowest BCUT2D eigenvalue weighted by Gasteiger charge is -2.21. The molecule has 0 amide bonds. The molecular weight excluding hydrogens is 298 g/mol. The summed E-state index contributed by atoms with van der Waals surface area (Å²) in [6.45, 7) is 1.12. The van der Waals surface area contributed by atoms with Crippen LogP contribution in [0.1, 0.15) is 18.5 Å². The average Bonchev–Trinajstić information content (AvgIpc) is 2.70. The van der Waals surface area contributed by atoms with Crippen LogP contribution in [0.4, 0.5) is 17.6 Å². The van der Waals surface area contributed by atoms with Crippen LogP contribution in [-0.2, 0) is 9.53 Å². The number of ether oxygens (including phenoxy) is 3. The summed E-state index contributed by atoms with van der Waals surface area (Å²) >= 11 is 0. The molecule has 0 saturated heterocycles. The maximum Gasteiger partial charge on any atom is 0.586 e. The van der Waals surface area contributed by atoms with E-state index in [4.69, 9.17) is 5.73 Å². The standard InChI is InChI=1S/C12H11F4NO4/c1-2-19-10(18)11(13,14)9(17)6-3-4-7-8(5-6)21-12(15,16)20-7/h3-5,9H,2,17H2,1H3/t9-/m0/s1. The van der Waals surface area contributed by atoms with Crippen LogP contribution in [0.15, 0.2) is 18.2 Å². The summed E-state index contributed by atoms with van der Waals surface area (Å²) in [5.41, 5.74) is 5.06. The minimum Gasteiger partial charge on any atom is -0.462 e. The van der Waals surface area contributed by atoms with Gasteiger partial charge in [0.15, 0.2) is 11.5 Å². The third-order valence-corrected chi connectivity index (χ3v) is 2.72. The van der Waals surface area contributed by atoms with Gasteiger partial charge in [0, 0.05) is 0 Å². The van der Waals surface area contributed by atoms with Crippen LogP contribution in [0.2, 0.25) is 0 Å². The molecule has 9 heteroatoms. The number of alkyl halides is 4. The van der Waals surface area contributed by atoms with Crippen LogP contribution in [-0.4, -0.2) is 24.8 Å². The molecule has 0 radical (unpaired) electrons. The van der Waals surface area contributed by atoms with Crippen LogP contribution < -0.4 is 15.2 Å². The van der Waals surface area contributed by atoms with Gasteiger partial charge in [0.1, 0.15) is 6.04 Å². The fraction of sp³-hybridized carbons (Fsp3) is 0.417. The quantitative estimate of drug-likeness (QED) is 0.682. The second-order valence-electron chi connectivity index (χ2n) is 4.19. The van der Waals surface area contributed by atoms with E-state index in [-0.39, 0.29) is 17.9 Å². The Labute approximate surface area is 116 Å². The lowest BCUT2D eigenvalue weighted by atomic mass is 10.0. The summed E-state index contributed by atoms with van der Waals surface area (Å²) in [4.78, 5) is 11.2. The highest BCUT2D eigenvalue weighted by Crippen LogP contribution is 2.43. The molecule has 0 unspecified atom stereocenters. The molecule has 1 aliphatic heterocycles. The van der Waals surface area contributed by atoms with Crippen molar-refractivity contribution in [3.8, 4) is 11.5 Å². The van der Waals surface area contributed by atoms with Gasteiger partial charge in [-0.05, 0) is 24.6 Å². The van der Waals surface area contributed by atoms with Crippen molar-refractivity contribution in [2.24, 2.45) is 5.73 Å². The highest BCUT2D eigenvalue weighted by Gasteiger charge is 2.49. The van der Waals surface area contributed by atoms with E-state index in [9.17, 15) is 22.4 Å². The molecule has 5 nitrogen and oxygen atoms in total. The minimum atomic E-state index is -4.01. The molecule has 0 bridgehead atoms. The number of rotatable bonds is 4. The maximum absolute atomic E-state index is 13.8. The molecule has 0 saturated carbocycles. The number of carbonyl (C=O) groups is 1. The number of hydrogen-bond donors (Lipinski definition) is 1. The first-order chi connectivity index (χ1) is 9.67. The lowest BCUT2D eigenvalue weighted by Crippen LogP contribution is -2.41. The van der Waals surface area contributed by atoms with Crippen molar-refractivity contribution in [3.05, 3.63) is 23.8 Å². The van der Waals surface area contributed by atoms with Crippen molar-refractivity contribution in [3.63, 3.8) is 0 Å². The zero-order chi connectivity index (χ0) is 15.8. The fourth-order valence-corrected chi connectivity index (χ4v) is 1.72. The molecule has 2 N–H and O–H groups in total. The molecule has 1 heterocycles. The van der Waals surface area contributed by atoms with Crippen molar-refractivity contribution in [2.45, 2.75) is 25.2 Å². The van der Waals surface area contributed by atoms with Crippen molar-refractivity contribution >= 4 is 5.97 Å². The van der Waals surface area contributed by atoms with Gasteiger partial charge in [0.2, 0.25) is 0 Å². The van der Waals surface area contributed by atoms with E-state index in [1.165, 1.54) is 6.92 Å². The molecule has 0 fully saturated rings. The molecule has 1 aromatic rings. The molecule has 0 aliphatic carbocycles. The summed E-state index contributed by atoms with van der Waals surface area (Å²) < 4.78 is 65.7. The Balaban J connectivity index is 2.26. The van der Waals surface area contributed by atoms with Crippen molar-refractivity contribution in [1.29, 1.82) is 0 Å². The van der Waals surface area contributed by atoms with Gasteiger partial charge in [-0.3, -0.25) is 0 Å². The molecule has 1 aromatic carbocycles. The largest absolute Gasteiger partial charge is 0.586 e. The molecule has 116 valence electrons. The first-order valence-corrected chi connectivity index (χ1v) is 5.88. The summed E-state index contributed by atoms with van der Waals surface area (Å²) in [5, 5.41) is 0. The zero-order valence-corrected chi connectivity index (χ0v) is 10.7. The van der Waals surface area contributed by atoms with Crippen molar-refractivity contribution in [2.75, 3.05) is 6.61 Å². The van der Waals surface area contributed by atoms with Gasteiger partial charge < -0.3 is 19.9 Å². The van der Waals surface area contributed by atoms with E-state index in [0.29, 0.717) is 0 Å². The van der Waals surface area contributed by atoms with Crippen molar-refractivity contribution in [1.82, 2.24) is 0 Å². The number of halogens is 4. The van der Waals surface area contributed by atoms with Gasteiger partial charge in [-0.25, -0.2) is 4.79 Å². The van der Waals surface area contributed by atoms with Gasteiger partial charge in [0.25, 0.3) is 0 Å². The van der Waals surface area contributed by atoms with E-state index in [0.717, 1.165) is 18.2 Å². The summed E-state index contributed by atoms with van der Waals surface area (Å²) in [7, 11) is 0. The Hall–Kier alpha value is -2.03. The van der Waals surface area contributed by atoms with Gasteiger partial charge in [-0.2, -0.15) is 8.78 Å². The highest BCUT2D eigenvalue weighted by molar-refractivity contribution is 5.79. The van der Waals surface area contributed by atoms with Crippen LogP contribution in [0.3, 0.4) is 0 Å². The summed E-state index contributed by atoms with van der Waals surface area (Å²) in [6, 6.07) is 0.849. The van der Waals surface area contributed by atoms with E-state index in [1.54, 1.807) is 0 Å². The first kappa shape index (κ1) is 15.4. The minimum absolute atomic E-state index is 0.242. The summed E-state index contributed by atoms with van der Waals surface area (Å²) in [6.07, 6.45) is -3.87. The lowest BCUT2D eigenvalue weighted by molar-refractivity contribution is -0.286. The van der Waals surface area contributed by atoms with Gasteiger partial charge >= 0.3 is 18.2 Å². The Morgan fingerprint density at radius 2 is 2.00 bits per heavy atom. The predicted octanol–water partition coefficient (Wildman–Crippen LogP) is 2.21. The Morgan fingerprint density at radius 3 is 2.62 bits per heavy atom. The van der Waals surface area contributed by atoms with E-state index >= 15 is 0 Å². The average molecular weight is 309 g/mol. The van der Waals surface area contributed by atoms with Gasteiger partial charge in [0.05, 0.1) is 6.61 Å². The number of carbonyl (C=O) groups excluding carboxylic acids is 1. The smallest absolute Gasteiger partial charge is 0.462 e. The monoisotopic (exact) mass is 309 g/mol. The topological polar surface area (TPSA) is 70.8 Å². The number of benzene rings is 1. The third kappa shape index (κ3) is 2.87. The number of esters is 1. The van der Waals surface area contributed by atoms with E-state index < -0.39 is 30.0 Å². The molecule has 0 aromatic heterocycles. The number of fused-ring (bicyclic) bond motifs is 1. The van der Waals surface area contributed by atoms with Crippen LogP contribution in [0, 0.1) is 0 Å². The molecule has 1 atom stereocenters. The van der Waals surface area contributed by atoms with E-state index in [1.807, 2.05) is 0 Å². The van der Waals surface area contributed by atoms with E-state index in [2.05, 4.69) is 14.2 Å². The molecular formula is C12H11F4NO4. The van der Waals surface area contributed by atoms with Crippen LogP contribution in [0.5, 0.6) is 11.5 Å². The molecule has 0 spiro atoms.